The predicted octanol–water partition coefficient (Wildman–Crippen LogP) is 3.29. The van der Waals surface area contributed by atoms with Crippen LogP contribution in [0.15, 0.2) is 18.2 Å². The molecule has 0 aliphatic heterocycles. The van der Waals surface area contributed by atoms with E-state index in [1.165, 1.54) is 0 Å². The van der Waals surface area contributed by atoms with E-state index >= 15 is 0 Å². The third-order valence-corrected chi connectivity index (χ3v) is 3.79. The van der Waals surface area contributed by atoms with E-state index in [1.54, 1.807) is 17.0 Å². The zero-order valence-electron chi connectivity index (χ0n) is 11.3. The molecule has 106 valence electrons. The number of carbonyl (C=O) groups is 1. The van der Waals surface area contributed by atoms with E-state index in [0.717, 1.165) is 5.56 Å². The highest BCUT2D eigenvalue weighted by atomic mass is 35.5. The van der Waals surface area contributed by atoms with Crippen molar-refractivity contribution in [1.29, 1.82) is 0 Å². The Labute approximate surface area is 124 Å². The van der Waals surface area contributed by atoms with E-state index in [0.29, 0.717) is 36.1 Å². The first-order valence-electron chi connectivity index (χ1n) is 6.46. The smallest absolute Gasteiger partial charge is 0.223 e. The molecular formula is C14H20Cl2N2O. The molecule has 0 heterocycles. The summed E-state index contributed by atoms with van der Waals surface area (Å²) in [5.74, 6) is 0.0318. The van der Waals surface area contributed by atoms with E-state index in [9.17, 15) is 4.79 Å². The van der Waals surface area contributed by atoms with Gasteiger partial charge in [0, 0.05) is 35.5 Å². The summed E-state index contributed by atoms with van der Waals surface area (Å²) in [6, 6.07) is 5.30. The first-order valence-corrected chi connectivity index (χ1v) is 7.21. The lowest BCUT2D eigenvalue weighted by Gasteiger charge is -2.23. The highest BCUT2D eigenvalue weighted by Gasteiger charge is 2.20. The van der Waals surface area contributed by atoms with Crippen molar-refractivity contribution in [3.63, 3.8) is 0 Å². The molecule has 1 unspecified atom stereocenters. The van der Waals surface area contributed by atoms with Crippen molar-refractivity contribution in [3.8, 4) is 0 Å². The molecule has 0 bridgehead atoms. The molecule has 3 nitrogen and oxygen atoms in total. The summed E-state index contributed by atoms with van der Waals surface area (Å²) in [5, 5.41) is 1.15. The summed E-state index contributed by atoms with van der Waals surface area (Å²) in [7, 11) is 0. The first-order chi connectivity index (χ1) is 9.03. The van der Waals surface area contributed by atoms with Crippen molar-refractivity contribution in [2.45, 2.75) is 26.2 Å². The molecule has 0 saturated carbocycles. The highest BCUT2D eigenvalue weighted by Crippen LogP contribution is 2.29. The van der Waals surface area contributed by atoms with Crippen LogP contribution in [0.1, 0.15) is 31.7 Å². The molecule has 2 N–H and O–H groups in total. The maximum atomic E-state index is 12.1. The van der Waals surface area contributed by atoms with Gasteiger partial charge in [0.25, 0.3) is 0 Å². The van der Waals surface area contributed by atoms with Gasteiger partial charge in [-0.3, -0.25) is 4.79 Å². The summed E-state index contributed by atoms with van der Waals surface area (Å²) in [6.45, 7) is 5.73. The van der Waals surface area contributed by atoms with Crippen LogP contribution in [-0.2, 0) is 4.79 Å². The van der Waals surface area contributed by atoms with Crippen LogP contribution in [0.2, 0.25) is 10.0 Å². The van der Waals surface area contributed by atoms with Crippen LogP contribution in [0.5, 0.6) is 0 Å². The van der Waals surface area contributed by atoms with Crippen molar-refractivity contribution >= 4 is 29.1 Å². The van der Waals surface area contributed by atoms with Gasteiger partial charge >= 0.3 is 0 Å². The van der Waals surface area contributed by atoms with Gasteiger partial charge in [-0.1, -0.05) is 29.3 Å². The number of carbonyl (C=O) groups excluding carboxylic acids is 1. The fourth-order valence-electron chi connectivity index (χ4n) is 2.07. The molecule has 1 amide bonds. The van der Waals surface area contributed by atoms with Gasteiger partial charge in [0.15, 0.2) is 0 Å². The van der Waals surface area contributed by atoms with Gasteiger partial charge in [-0.2, -0.15) is 0 Å². The normalized spacial score (nSPS) is 12.3. The Morgan fingerprint density at radius 1 is 1.32 bits per heavy atom. The molecule has 1 atom stereocenters. The van der Waals surface area contributed by atoms with Crippen molar-refractivity contribution in [2.24, 2.45) is 5.73 Å². The Hall–Kier alpha value is -0.770. The second-order valence-corrected chi connectivity index (χ2v) is 5.21. The minimum absolute atomic E-state index is 0.0714. The molecule has 0 fully saturated rings. The summed E-state index contributed by atoms with van der Waals surface area (Å²) < 4.78 is 0. The average Bonchev–Trinajstić information content (AvgIpc) is 2.38. The summed E-state index contributed by atoms with van der Waals surface area (Å²) in [5.41, 5.74) is 6.66. The third kappa shape index (κ3) is 4.37. The van der Waals surface area contributed by atoms with E-state index in [2.05, 4.69) is 0 Å². The quantitative estimate of drug-likeness (QED) is 0.876. The maximum Gasteiger partial charge on any atom is 0.223 e. The second kappa shape index (κ2) is 7.73. The molecule has 0 saturated heterocycles. The Bertz CT molecular complexity index is 433. The van der Waals surface area contributed by atoms with Crippen LogP contribution in [-0.4, -0.2) is 30.4 Å². The van der Waals surface area contributed by atoms with Gasteiger partial charge in [0.2, 0.25) is 5.91 Å². The SMILES string of the molecule is CCN(CC)C(=O)CC(CN)c1ccc(Cl)cc1Cl. The second-order valence-electron chi connectivity index (χ2n) is 4.37. The zero-order valence-corrected chi connectivity index (χ0v) is 12.8. The van der Waals surface area contributed by atoms with Crippen LogP contribution in [0.3, 0.4) is 0 Å². The molecular weight excluding hydrogens is 283 g/mol. The van der Waals surface area contributed by atoms with Crippen LogP contribution < -0.4 is 5.73 Å². The topological polar surface area (TPSA) is 46.3 Å². The lowest BCUT2D eigenvalue weighted by molar-refractivity contribution is -0.131. The maximum absolute atomic E-state index is 12.1. The number of rotatable bonds is 6. The molecule has 1 rings (SSSR count). The van der Waals surface area contributed by atoms with Crippen LogP contribution in [0, 0.1) is 0 Å². The number of amides is 1. The highest BCUT2D eigenvalue weighted by molar-refractivity contribution is 6.35. The van der Waals surface area contributed by atoms with E-state index < -0.39 is 0 Å². The van der Waals surface area contributed by atoms with Gasteiger partial charge in [-0.05, 0) is 38.1 Å². The zero-order chi connectivity index (χ0) is 14.4. The van der Waals surface area contributed by atoms with Gasteiger partial charge in [-0.25, -0.2) is 0 Å². The van der Waals surface area contributed by atoms with Gasteiger partial charge in [0.1, 0.15) is 0 Å². The van der Waals surface area contributed by atoms with Crippen molar-refractivity contribution in [2.75, 3.05) is 19.6 Å². The van der Waals surface area contributed by atoms with E-state index in [1.807, 2.05) is 19.9 Å². The Morgan fingerprint density at radius 2 is 1.95 bits per heavy atom. The third-order valence-electron chi connectivity index (χ3n) is 3.22. The average molecular weight is 303 g/mol. The fraction of sp³-hybridized carbons (Fsp3) is 0.500. The lowest BCUT2D eigenvalue weighted by atomic mass is 9.95. The Balaban J connectivity index is 2.86. The van der Waals surface area contributed by atoms with Crippen molar-refractivity contribution in [1.82, 2.24) is 4.90 Å². The van der Waals surface area contributed by atoms with Crippen molar-refractivity contribution < 1.29 is 4.79 Å². The number of nitrogens with two attached hydrogens (primary N) is 1. The Morgan fingerprint density at radius 3 is 2.42 bits per heavy atom. The summed E-state index contributed by atoms with van der Waals surface area (Å²) >= 11 is 12.0. The monoisotopic (exact) mass is 302 g/mol. The van der Waals surface area contributed by atoms with E-state index in [-0.39, 0.29) is 11.8 Å². The molecule has 0 radical (unpaired) electrons. The van der Waals surface area contributed by atoms with Crippen LogP contribution >= 0.6 is 23.2 Å². The van der Waals surface area contributed by atoms with Crippen LogP contribution in [0.25, 0.3) is 0 Å². The largest absolute Gasteiger partial charge is 0.343 e. The lowest BCUT2D eigenvalue weighted by Crippen LogP contribution is -2.32. The first kappa shape index (κ1) is 16.3. The molecule has 0 aromatic heterocycles. The number of hydrogen-bond donors (Lipinski definition) is 1. The summed E-state index contributed by atoms with van der Waals surface area (Å²) in [4.78, 5) is 13.9. The molecule has 0 spiro atoms. The molecule has 1 aromatic carbocycles. The van der Waals surface area contributed by atoms with Gasteiger partial charge in [0.05, 0.1) is 0 Å². The van der Waals surface area contributed by atoms with Gasteiger partial charge < -0.3 is 10.6 Å². The molecule has 1 aromatic rings. The summed E-state index contributed by atoms with van der Waals surface area (Å²) in [6.07, 6.45) is 0.375. The number of benzene rings is 1. The number of hydrogen-bond acceptors (Lipinski definition) is 2. The van der Waals surface area contributed by atoms with Gasteiger partial charge in [-0.15, -0.1) is 0 Å². The van der Waals surface area contributed by atoms with Crippen LogP contribution in [0.4, 0.5) is 0 Å². The molecule has 0 aliphatic rings. The van der Waals surface area contributed by atoms with Crippen molar-refractivity contribution in [3.05, 3.63) is 33.8 Å². The molecule has 5 heteroatoms. The minimum atomic E-state index is -0.0714. The standard InChI is InChI=1S/C14H20Cl2N2O/c1-3-18(4-2)14(19)7-10(9-17)12-6-5-11(15)8-13(12)16/h5-6,8,10H,3-4,7,9,17H2,1-2H3. The fourth-order valence-corrected chi connectivity index (χ4v) is 2.63. The molecule has 0 aliphatic carbocycles. The molecule has 19 heavy (non-hydrogen) atoms. The minimum Gasteiger partial charge on any atom is -0.343 e. The Kier molecular flexibility index (Phi) is 6.63. The number of halogens is 2. The van der Waals surface area contributed by atoms with E-state index in [4.69, 9.17) is 28.9 Å². The number of nitrogens with zero attached hydrogens (tertiary/aromatic N) is 1. The predicted molar refractivity (Wildman–Crippen MR) is 80.8 cm³/mol.